The van der Waals surface area contributed by atoms with Crippen molar-refractivity contribution in [3.8, 4) is 0 Å². The molecule has 1 heterocycles. The highest BCUT2D eigenvalue weighted by molar-refractivity contribution is 6.82. The summed E-state index contributed by atoms with van der Waals surface area (Å²) < 4.78 is 12.4. The van der Waals surface area contributed by atoms with E-state index >= 15 is 0 Å². The van der Waals surface area contributed by atoms with Crippen molar-refractivity contribution in [3.63, 3.8) is 0 Å². The van der Waals surface area contributed by atoms with Crippen molar-refractivity contribution in [2.75, 3.05) is 0 Å². The van der Waals surface area contributed by atoms with E-state index in [9.17, 15) is 4.79 Å². The summed E-state index contributed by atoms with van der Waals surface area (Å²) in [7, 11) is -1.93. The fraction of sp³-hybridized carbons (Fsp3) is 0.611. The smallest absolute Gasteiger partial charge is 0.337 e. The van der Waals surface area contributed by atoms with Crippen LogP contribution in [0.3, 0.4) is 0 Å². The zero-order valence-electron chi connectivity index (χ0n) is 13.9. The third kappa shape index (κ3) is 2.63. The minimum atomic E-state index is -1.93. The fourth-order valence-corrected chi connectivity index (χ4v) is 5.53. The van der Waals surface area contributed by atoms with Gasteiger partial charge in [-0.2, -0.15) is 0 Å². The Labute approximate surface area is 134 Å². The topological polar surface area (TPSA) is 35.5 Å². The van der Waals surface area contributed by atoms with E-state index in [1.807, 2.05) is 18.2 Å². The van der Waals surface area contributed by atoms with Gasteiger partial charge in [-0.25, -0.2) is 4.79 Å². The molecule has 1 spiro atoms. The summed E-state index contributed by atoms with van der Waals surface area (Å²) in [5, 5.41) is -0.758. The molecule has 0 N–H and O–H groups in total. The van der Waals surface area contributed by atoms with Crippen LogP contribution in [0.15, 0.2) is 30.3 Å². The van der Waals surface area contributed by atoms with Crippen LogP contribution in [0.2, 0.25) is 19.6 Å². The molecule has 1 aliphatic carbocycles. The zero-order chi connectivity index (χ0) is 15.8. The molecular formula is C18H26O3Si. The van der Waals surface area contributed by atoms with E-state index in [1.54, 1.807) is 0 Å². The van der Waals surface area contributed by atoms with Gasteiger partial charge in [-0.1, -0.05) is 56.4 Å². The molecule has 1 saturated carbocycles. The van der Waals surface area contributed by atoms with Gasteiger partial charge in [0.05, 0.1) is 8.07 Å². The molecule has 1 aromatic carbocycles. The fourth-order valence-electron chi connectivity index (χ4n) is 3.64. The molecule has 120 valence electrons. The Morgan fingerprint density at radius 2 is 1.68 bits per heavy atom. The summed E-state index contributed by atoms with van der Waals surface area (Å²) in [5.41, 5.74) is 1.15. The molecule has 22 heavy (non-hydrogen) atoms. The van der Waals surface area contributed by atoms with Crippen molar-refractivity contribution >= 4 is 14.0 Å². The van der Waals surface area contributed by atoms with Crippen LogP contribution in [0.1, 0.15) is 37.7 Å². The number of rotatable bonds is 3. The second-order valence-electron chi connectivity index (χ2n) is 7.70. The number of hydrogen-bond donors (Lipinski definition) is 0. The summed E-state index contributed by atoms with van der Waals surface area (Å²) in [6.07, 6.45) is 5.70. The van der Waals surface area contributed by atoms with Crippen LogP contribution >= 0.6 is 0 Å². The molecule has 1 aromatic rings. The molecule has 0 bridgehead atoms. The molecule has 1 unspecified atom stereocenters. The van der Waals surface area contributed by atoms with Crippen molar-refractivity contribution in [1.29, 1.82) is 0 Å². The highest BCUT2D eigenvalue weighted by Gasteiger charge is 2.63. The maximum absolute atomic E-state index is 12.9. The van der Waals surface area contributed by atoms with Crippen LogP contribution in [-0.2, 0) is 20.7 Å². The molecule has 3 nitrogen and oxygen atoms in total. The van der Waals surface area contributed by atoms with Crippen LogP contribution in [0.25, 0.3) is 0 Å². The molecule has 0 radical (unpaired) electrons. The highest BCUT2D eigenvalue weighted by atomic mass is 28.3. The predicted octanol–water partition coefficient (Wildman–Crippen LogP) is 4.08. The Morgan fingerprint density at radius 1 is 1.05 bits per heavy atom. The standard InChI is InChI=1S/C18H26O3Si/c1-22(2,3)18(14-15-10-6-4-7-11-15)16(19)20-17(21-18)12-8-5-9-13-17/h4,6-7,10-11H,5,8-9,12-14H2,1-3H3. The largest absolute Gasteiger partial charge is 0.431 e. The minimum Gasteiger partial charge on any atom is -0.431 e. The van der Waals surface area contributed by atoms with Gasteiger partial charge in [0.15, 0.2) is 5.22 Å². The molecule has 1 aliphatic heterocycles. The van der Waals surface area contributed by atoms with Gasteiger partial charge < -0.3 is 9.47 Å². The first-order valence-corrected chi connectivity index (χ1v) is 11.8. The predicted molar refractivity (Wildman–Crippen MR) is 89.2 cm³/mol. The maximum atomic E-state index is 12.9. The van der Waals surface area contributed by atoms with Gasteiger partial charge in [0.2, 0.25) is 5.79 Å². The van der Waals surface area contributed by atoms with Crippen LogP contribution in [0.5, 0.6) is 0 Å². The number of esters is 1. The van der Waals surface area contributed by atoms with Crippen molar-refractivity contribution in [2.45, 2.75) is 69.2 Å². The summed E-state index contributed by atoms with van der Waals surface area (Å²) >= 11 is 0. The quantitative estimate of drug-likeness (QED) is 0.622. The van der Waals surface area contributed by atoms with E-state index in [0.717, 1.165) is 31.2 Å². The first-order chi connectivity index (χ1) is 10.4. The SMILES string of the molecule is C[Si](C)(C)C1(Cc2ccccc2)OC2(CCCCC2)OC1=O. The summed E-state index contributed by atoms with van der Waals surface area (Å²) in [6.45, 7) is 6.62. The van der Waals surface area contributed by atoms with Crippen molar-refractivity contribution < 1.29 is 14.3 Å². The molecule has 0 aromatic heterocycles. The lowest BCUT2D eigenvalue weighted by Gasteiger charge is -2.39. The normalized spacial score (nSPS) is 27.9. The highest BCUT2D eigenvalue weighted by Crippen LogP contribution is 2.47. The average Bonchev–Trinajstić information content (AvgIpc) is 2.73. The first kappa shape index (κ1) is 15.8. The van der Waals surface area contributed by atoms with Gasteiger partial charge in [-0.15, -0.1) is 0 Å². The lowest BCUT2D eigenvalue weighted by atomic mass is 9.94. The Morgan fingerprint density at radius 3 is 2.27 bits per heavy atom. The van der Waals surface area contributed by atoms with Gasteiger partial charge in [0.25, 0.3) is 0 Å². The second kappa shape index (κ2) is 5.50. The number of benzene rings is 1. The molecule has 1 atom stereocenters. The van der Waals surface area contributed by atoms with Gasteiger partial charge in [0, 0.05) is 19.3 Å². The zero-order valence-corrected chi connectivity index (χ0v) is 14.9. The third-order valence-corrected chi connectivity index (χ3v) is 8.00. The minimum absolute atomic E-state index is 0.127. The Balaban J connectivity index is 1.95. The Kier molecular flexibility index (Phi) is 3.94. The number of ether oxygens (including phenoxy) is 2. The van der Waals surface area contributed by atoms with Crippen molar-refractivity contribution in [1.82, 2.24) is 0 Å². The molecule has 2 fully saturated rings. The number of carbonyl (C=O) groups is 1. The van der Waals surface area contributed by atoms with Crippen LogP contribution in [0.4, 0.5) is 0 Å². The lowest BCUT2D eigenvalue weighted by molar-refractivity contribution is -0.196. The lowest BCUT2D eigenvalue weighted by Crippen LogP contribution is -2.59. The van der Waals surface area contributed by atoms with Crippen LogP contribution in [0, 0.1) is 0 Å². The van der Waals surface area contributed by atoms with E-state index in [4.69, 9.17) is 9.47 Å². The van der Waals surface area contributed by atoms with Crippen LogP contribution in [-0.4, -0.2) is 25.1 Å². The average molecular weight is 318 g/mol. The van der Waals surface area contributed by atoms with Crippen LogP contribution < -0.4 is 0 Å². The van der Waals surface area contributed by atoms with Gasteiger partial charge in [-0.3, -0.25) is 0 Å². The number of carbonyl (C=O) groups excluding carboxylic acids is 1. The summed E-state index contributed by atoms with van der Waals surface area (Å²) in [4.78, 5) is 12.9. The van der Waals surface area contributed by atoms with E-state index in [0.29, 0.717) is 6.42 Å². The molecule has 0 amide bonds. The summed E-state index contributed by atoms with van der Waals surface area (Å²) in [6, 6.07) is 10.2. The van der Waals surface area contributed by atoms with E-state index in [-0.39, 0.29) is 5.97 Å². The Hall–Kier alpha value is -1.13. The van der Waals surface area contributed by atoms with Gasteiger partial charge in [-0.05, 0) is 18.4 Å². The first-order valence-electron chi connectivity index (χ1n) is 8.35. The molecule has 1 saturated heterocycles. The van der Waals surface area contributed by atoms with Gasteiger partial charge >= 0.3 is 5.97 Å². The molecule has 4 heteroatoms. The maximum Gasteiger partial charge on any atom is 0.337 e. The second-order valence-corrected chi connectivity index (χ2v) is 13.0. The van der Waals surface area contributed by atoms with Crippen molar-refractivity contribution in [2.24, 2.45) is 0 Å². The van der Waals surface area contributed by atoms with E-state index in [2.05, 4.69) is 31.8 Å². The van der Waals surface area contributed by atoms with Gasteiger partial charge in [0.1, 0.15) is 0 Å². The molecule has 2 aliphatic rings. The van der Waals surface area contributed by atoms with Crippen molar-refractivity contribution in [3.05, 3.63) is 35.9 Å². The number of hydrogen-bond acceptors (Lipinski definition) is 3. The molecular weight excluding hydrogens is 292 g/mol. The third-order valence-electron chi connectivity index (χ3n) is 5.09. The molecule has 3 rings (SSSR count). The Bertz CT molecular complexity index is 543. The monoisotopic (exact) mass is 318 g/mol. The van der Waals surface area contributed by atoms with E-state index in [1.165, 1.54) is 6.42 Å². The van der Waals surface area contributed by atoms with E-state index < -0.39 is 19.1 Å². The summed E-state index contributed by atoms with van der Waals surface area (Å²) in [5.74, 6) is -0.776.